The van der Waals surface area contributed by atoms with Gasteiger partial charge in [0.25, 0.3) is 5.91 Å². The largest absolute Gasteiger partial charge is 0.351 e. The van der Waals surface area contributed by atoms with Gasteiger partial charge in [0.05, 0.1) is 0 Å². The summed E-state index contributed by atoms with van der Waals surface area (Å²) in [6.07, 6.45) is 0.931. The van der Waals surface area contributed by atoms with E-state index < -0.39 is 0 Å². The topological polar surface area (TPSA) is 57.3 Å². The predicted octanol–water partition coefficient (Wildman–Crippen LogP) is 1.97. The maximum Gasteiger partial charge on any atom is 0.270 e. The molecule has 3 rings (SSSR count). The van der Waals surface area contributed by atoms with Crippen molar-refractivity contribution < 1.29 is 9.18 Å². The van der Waals surface area contributed by atoms with E-state index >= 15 is 0 Å². The van der Waals surface area contributed by atoms with Gasteiger partial charge in [-0.1, -0.05) is 0 Å². The molecule has 1 amide bonds. The van der Waals surface area contributed by atoms with Crippen LogP contribution in [0.2, 0.25) is 0 Å². The lowest BCUT2D eigenvalue weighted by atomic mass is 10.2. The van der Waals surface area contributed by atoms with Crippen LogP contribution >= 0.6 is 11.3 Å². The molecule has 7 heteroatoms. The van der Waals surface area contributed by atoms with Crippen molar-refractivity contribution in [1.29, 1.82) is 0 Å². The second kappa shape index (κ2) is 8.32. The van der Waals surface area contributed by atoms with Crippen LogP contribution in [0.5, 0.6) is 0 Å². The Balaban J connectivity index is 1.46. The lowest BCUT2D eigenvalue weighted by Gasteiger charge is -2.26. The Kier molecular flexibility index (Phi) is 5.90. The molecule has 2 N–H and O–H groups in total. The first-order chi connectivity index (χ1) is 11.7. The first kappa shape index (κ1) is 17.0. The molecule has 2 heterocycles. The van der Waals surface area contributed by atoms with Crippen molar-refractivity contribution in [2.45, 2.75) is 6.42 Å². The molecular weight excluding hydrogens is 327 g/mol. The summed E-state index contributed by atoms with van der Waals surface area (Å²) in [5.41, 5.74) is 1.24. The number of nitrogens with zero attached hydrogens (tertiary/aromatic N) is 2. The fourth-order valence-corrected chi connectivity index (χ4v) is 3.44. The Morgan fingerprint density at radius 3 is 2.79 bits per heavy atom. The third-order valence-corrected chi connectivity index (χ3v) is 4.87. The first-order valence-electron chi connectivity index (χ1n) is 8.15. The van der Waals surface area contributed by atoms with Gasteiger partial charge in [-0.15, -0.1) is 11.3 Å². The van der Waals surface area contributed by atoms with Crippen molar-refractivity contribution in [2.75, 3.05) is 39.3 Å². The van der Waals surface area contributed by atoms with Crippen LogP contribution in [0.15, 0.2) is 29.6 Å². The molecule has 128 valence electrons. The van der Waals surface area contributed by atoms with Gasteiger partial charge < -0.3 is 15.5 Å². The summed E-state index contributed by atoms with van der Waals surface area (Å²) in [5.74, 6) is -0.433. The van der Waals surface area contributed by atoms with Crippen LogP contribution in [-0.4, -0.2) is 55.1 Å². The monoisotopic (exact) mass is 348 g/mol. The normalized spacial score (nSPS) is 15.4. The molecule has 0 unspecified atom stereocenters. The maximum absolute atomic E-state index is 13.0. The summed E-state index contributed by atoms with van der Waals surface area (Å²) in [7, 11) is 0. The van der Waals surface area contributed by atoms with Crippen LogP contribution in [0, 0.1) is 5.82 Å². The van der Waals surface area contributed by atoms with Gasteiger partial charge in [-0.2, -0.15) is 0 Å². The Morgan fingerprint density at radius 1 is 1.29 bits per heavy atom. The number of carbonyl (C=O) groups is 1. The second-order valence-electron chi connectivity index (χ2n) is 5.75. The van der Waals surface area contributed by atoms with Crippen molar-refractivity contribution >= 4 is 17.2 Å². The number of nitrogens with one attached hydrogen (secondary N) is 2. The van der Waals surface area contributed by atoms with Gasteiger partial charge in [0.1, 0.15) is 16.5 Å². The summed E-state index contributed by atoms with van der Waals surface area (Å²) in [6.45, 7) is 5.86. The quantitative estimate of drug-likeness (QED) is 0.784. The van der Waals surface area contributed by atoms with Gasteiger partial charge in [-0.25, -0.2) is 9.37 Å². The molecule has 0 bridgehead atoms. The van der Waals surface area contributed by atoms with Gasteiger partial charge in [-0.05, 0) is 37.2 Å². The minimum atomic E-state index is -0.280. The Morgan fingerprint density at radius 2 is 2.04 bits per heavy atom. The molecule has 0 radical (unpaired) electrons. The van der Waals surface area contributed by atoms with Crippen LogP contribution < -0.4 is 10.6 Å². The van der Waals surface area contributed by atoms with E-state index in [-0.39, 0.29) is 11.7 Å². The summed E-state index contributed by atoms with van der Waals surface area (Å²) in [5, 5.41) is 8.70. The van der Waals surface area contributed by atoms with Gasteiger partial charge in [0.2, 0.25) is 0 Å². The van der Waals surface area contributed by atoms with E-state index in [1.54, 1.807) is 17.5 Å². The lowest BCUT2D eigenvalue weighted by molar-refractivity contribution is 0.0947. The second-order valence-corrected chi connectivity index (χ2v) is 6.60. The standard InChI is InChI=1S/C17H21FN4OS/c18-14-4-2-13(3-5-14)17-21-15(12-24-17)16(23)20-6-1-9-22-10-7-19-8-11-22/h2-5,12,19H,1,6-11H2,(H,20,23). The SMILES string of the molecule is O=C(NCCCN1CCNCC1)c1csc(-c2ccc(F)cc2)n1. The van der Waals surface area contributed by atoms with Crippen LogP contribution in [-0.2, 0) is 0 Å². The highest BCUT2D eigenvalue weighted by molar-refractivity contribution is 7.13. The van der Waals surface area contributed by atoms with Crippen LogP contribution in [0.25, 0.3) is 10.6 Å². The molecule has 0 spiro atoms. The zero-order valence-electron chi connectivity index (χ0n) is 13.4. The van der Waals surface area contributed by atoms with E-state index in [2.05, 4.69) is 20.5 Å². The van der Waals surface area contributed by atoms with Crippen LogP contribution in [0.4, 0.5) is 4.39 Å². The van der Waals surface area contributed by atoms with Crippen molar-refractivity contribution in [1.82, 2.24) is 20.5 Å². The number of carbonyl (C=O) groups excluding carboxylic acids is 1. The average Bonchev–Trinajstić information content (AvgIpc) is 3.10. The predicted molar refractivity (Wildman–Crippen MR) is 93.8 cm³/mol. The van der Waals surface area contributed by atoms with Crippen molar-refractivity contribution in [3.63, 3.8) is 0 Å². The molecule has 2 aromatic rings. The van der Waals surface area contributed by atoms with E-state index in [9.17, 15) is 9.18 Å². The third-order valence-electron chi connectivity index (χ3n) is 3.97. The molecule has 1 aliphatic rings. The minimum absolute atomic E-state index is 0.153. The van der Waals surface area contributed by atoms with Crippen molar-refractivity contribution in [2.24, 2.45) is 0 Å². The molecule has 1 aromatic heterocycles. The highest BCUT2D eigenvalue weighted by Gasteiger charge is 2.12. The Labute approximate surface area is 144 Å². The van der Waals surface area contributed by atoms with Crippen LogP contribution in [0.1, 0.15) is 16.9 Å². The first-order valence-corrected chi connectivity index (χ1v) is 9.03. The number of halogens is 1. The van der Waals surface area contributed by atoms with Crippen molar-refractivity contribution in [3.05, 3.63) is 41.2 Å². The zero-order valence-corrected chi connectivity index (χ0v) is 14.2. The Hall–Kier alpha value is -1.83. The molecule has 1 aromatic carbocycles. The number of hydrogen-bond acceptors (Lipinski definition) is 5. The molecular formula is C17H21FN4OS. The van der Waals surface area contributed by atoms with E-state index in [4.69, 9.17) is 0 Å². The summed E-state index contributed by atoms with van der Waals surface area (Å²) < 4.78 is 13.0. The number of rotatable bonds is 6. The molecule has 24 heavy (non-hydrogen) atoms. The fourth-order valence-electron chi connectivity index (χ4n) is 2.63. The molecule has 1 aliphatic heterocycles. The number of hydrogen-bond donors (Lipinski definition) is 2. The van der Waals surface area contributed by atoms with Gasteiger partial charge >= 0.3 is 0 Å². The molecule has 1 fully saturated rings. The molecule has 0 aliphatic carbocycles. The molecule has 1 saturated heterocycles. The number of benzene rings is 1. The van der Waals surface area contributed by atoms with Crippen LogP contribution in [0.3, 0.4) is 0 Å². The molecule has 5 nitrogen and oxygen atoms in total. The number of piperazine rings is 1. The summed E-state index contributed by atoms with van der Waals surface area (Å²) in [6, 6.07) is 6.13. The number of amides is 1. The van der Waals surface area contributed by atoms with Gasteiger partial charge in [0, 0.05) is 43.7 Å². The molecule has 0 saturated carbocycles. The lowest BCUT2D eigenvalue weighted by Crippen LogP contribution is -2.44. The van der Waals surface area contributed by atoms with Gasteiger partial charge in [0.15, 0.2) is 0 Å². The van der Waals surface area contributed by atoms with E-state index in [1.165, 1.54) is 23.5 Å². The maximum atomic E-state index is 13.0. The highest BCUT2D eigenvalue weighted by atomic mass is 32.1. The average molecular weight is 348 g/mol. The third kappa shape index (κ3) is 4.59. The van der Waals surface area contributed by atoms with E-state index in [0.717, 1.165) is 49.7 Å². The van der Waals surface area contributed by atoms with E-state index in [0.29, 0.717) is 12.2 Å². The number of thiazole rings is 1. The zero-order chi connectivity index (χ0) is 16.8. The van der Waals surface area contributed by atoms with Crippen molar-refractivity contribution in [3.8, 4) is 10.6 Å². The summed E-state index contributed by atoms with van der Waals surface area (Å²) in [4.78, 5) is 18.9. The smallest absolute Gasteiger partial charge is 0.270 e. The van der Waals surface area contributed by atoms with Gasteiger partial charge in [-0.3, -0.25) is 4.79 Å². The fraction of sp³-hybridized carbons (Fsp3) is 0.412. The number of aromatic nitrogens is 1. The highest BCUT2D eigenvalue weighted by Crippen LogP contribution is 2.23. The Bertz CT molecular complexity index is 667. The van der Waals surface area contributed by atoms with E-state index in [1.807, 2.05) is 0 Å². The summed E-state index contributed by atoms with van der Waals surface area (Å²) >= 11 is 1.39. The minimum Gasteiger partial charge on any atom is -0.351 e. The molecule has 0 atom stereocenters.